The smallest absolute Gasteiger partial charge is 0.411 e. The van der Waals surface area contributed by atoms with Crippen molar-refractivity contribution in [1.29, 1.82) is 0 Å². The molecule has 36 heavy (non-hydrogen) atoms. The van der Waals surface area contributed by atoms with Gasteiger partial charge in [-0.2, -0.15) is 0 Å². The lowest BCUT2D eigenvalue weighted by Gasteiger charge is -2.43. The van der Waals surface area contributed by atoms with E-state index in [-0.39, 0.29) is 30.7 Å². The number of hydrogen-bond acceptors (Lipinski definition) is 4. The van der Waals surface area contributed by atoms with Crippen LogP contribution in [0.2, 0.25) is 0 Å². The van der Waals surface area contributed by atoms with Gasteiger partial charge in [0.05, 0.1) is 12.1 Å². The maximum absolute atomic E-state index is 13.7. The first kappa shape index (κ1) is 23.9. The molecule has 0 bridgehead atoms. The van der Waals surface area contributed by atoms with Crippen molar-refractivity contribution in [1.82, 2.24) is 14.4 Å². The molecule has 2 aromatic carbocycles. The highest BCUT2D eigenvalue weighted by atomic mass is 16.6. The van der Waals surface area contributed by atoms with Crippen LogP contribution >= 0.6 is 0 Å². The summed E-state index contributed by atoms with van der Waals surface area (Å²) in [6.45, 7) is 5.99. The second-order valence-electron chi connectivity index (χ2n) is 10.5. The Morgan fingerprint density at radius 1 is 0.944 bits per heavy atom. The molecule has 0 unspecified atom stereocenters. The van der Waals surface area contributed by atoms with Gasteiger partial charge in [-0.1, -0.05) is 60.7 Å². The number of Topliss-reactive ketones (excluding diaryl/α,β-unsaturated/α-hetero) is 1. The van der Waals surface area contributed by atoms with Gasteiger partial charge in [0.2, 0.25) is 0 Å². The Labute approximate surface area is 211 Å². The van der Waals surface area contributed by atoms with Gasteiger partial charge in [0.25, 0.3) is 5.91 Å². The van der Waals surface area contributed by atoms with Gasteiger partial charge >= 0.3 is 6.09 Å². The van der Waals surface area contributed by atoms with Crippen LogP contribution in [0.4, 0.5) is 4.79 Å². The van der Waals surface area contributed by atoms with Crippen molar-refractivity contribution in [3.05, 3.63) is 95.8 Å². The summed E-state index contributed by atoms with van der Waals surface area (Å²) in [6, 6.07) is 21.3. The number of hydrogen-bond donors (Lipinski definition) is 0. The van der Waals surface area contributed by atoms with Crippen molar-refractivity contribution in [2.24, 2.45) is 0 Å². The number of carbonyl (C=O) groups excluding carboxylic acids is 3. The molecule has 186 valence electrons. The molecule has 0 radical (unpaired) electrons. The van der Waals surface area contributed by atoms with Crippen LogP contribution in [0.1, 0.15) is 54.8 Å². The predicted octanol–water partition coefficient (Wildman–Crippen LogP) is 4.83. The summed E-state index contributed by atoms with van der Waals surface area (Å²) in [5.41, 5.74) is 1.69. The minimum absolute atomic E-state index is 0.0702. The minimum Gasteiger partial charge on any atom is -0.444 e. The molecule has 3 atom stereocenters. The third-order valence-electron chi connectivity index (χ3n) is 6.79. The fourth-order valence-corrected chi connectivity index (χ4v) is 5.33. The number of fused-ring (bicyclic) bond motifs is 3. The molecule has 0 spiro atoms. The molecule has 5 rings (SSSR count). The van der Waals surface area contributed by atoms with Crippen molar-refractivity contribution in [3.63, 3.8) is 0 Å². The third kappa shape index (κ3) is 4.53. The molecule has 7 nitrogen and oxygen atoms in total. The van der Waals surface area contributed by atoms with E-state index >= 15 is 0 Å². The average Bonchev–Trinajstić information content (AvgIpc) is 3.45. The van der Waals surface area contributed by atoms with Gasteiger partial charge in [0.15, 0.2) is 5.78 Å². The molecule has 2 aliphatic rings. The van der Waals surface area contributed by atoms with Crippen molar-refractivity contribution in [2.75, 3.05) is 0 Å². The summed E-state index contributed by atoms with van der Waals surface area (Å²) in [4.78, 5) is 44.2. The second kappa shape index (κ2) is 9.30. The van der Waals surface area contributed by atoms with Crippen molar-refractivity contribution < 1.29 is 19.1 Å². The first-order chi connectivity index (χ1) is 17.2. The van der Waals surface area contributed by atoms with Gasteiger partial charge in [-0.05, 0) is 44.0 Å². The summed E-state index contributed by atoms with van der Waals surface area (Å²) in [7, 11) is 0. The Kier molecular flexibility index (Phi) is 6.16. The Morgan fingerprint density at radius 2 is 1.58 bits per heavy atom. The lowest BCUT2D eigenvalue weighted by Crippen LogP contribution is -2.59. The fourth-order valence-electron chi connectivity index (χ4n) is 5.33. The molecule has 1 saturated carbocycles. The quantitative estimate of drug-likeness (QED) is 0.519. The Balaban J connectivity index is 1.58. The van der Waals surface area contributed by atoms with E-state index in [4.69, 9.17) is 4.74 Å². The first-order valence-corrected chi connectivity index (χ1v) is 12.3. The molecule has 1 fully saturated rings. The lowest BCUT2D eigenvalue weighted by molar-refractivity contribution is -0.123. The molecule has 2 heterocycles. The summed E-state index contributed by atoms with van der Waals surface area (Å²) >= 11 is 0. The van der Waals surface area contributed by atoms with Crippen LogP contribution in [-0.4, -0.2) is 49.8 Å². The zero-order chi connectivity index (χ0) is 25.4. The third-order valence-corrected chi connectivity index (χ3v) is 6.79. The largest absolute Gasteiger partial charge is 0.444 e. The van der Waals surface area contributed by atoms with Crippen LogP contribution < -0.4 is 0 Å². The molecule has 3 aromatic rings. The Bertz CT molecular complexity index is 1260. The zero-order valence-electron chi connectivity index (χ0n) is 20.8. The van der Waals surface area contributed by atoms with Crippen LogP contribution in [-0.2, 0) is 22.6 Å². The van der Waals surface area contributed by atoms with E-state index in [2.05, 4.69) is 0 Å². The van der Waals surface area contributed by atoms with Crippen molar-refractivity contribution in [3.8, 4) is 0 Å². The number of ketones is 1. The second-order valence-corrected chi connectivity index (χ2v) is 10.5. The molecular formula is C29H31N3O4. The monoisotopic (exact) mass is 485 g/mol. The van der Waals surface area contributed by atoms with Gasteiger partial charge in [-0.3, -0.25) is 14.5 Å². The zero-order valence-corrected chi connectivity index (χ0v) is 20.8. The average molecular weight is 486 g/mol. The lowest BCUT2D eigenvalue weighted by atomic mass is 10.00. The molecule has 1 aliphatic heterocycles. The van der Waals surface area contributed by atoms with E-state index < -0.39 is 23.8 Å². The van der Waals surface area contributed by atoms with E-state index in [0.29, 0.717) is 12.2 Å². The Hall–Kier alpha value is -3.87. The van der Waals surface area contributed by atoms with Gasteiger partial charge in [-0.25, -0.2) is 4.79 Å². The number of benzene rings is 2. The van der Waals surface area contributed by atoms with E-state index in [1.54, 1.807) is 11.0 Å². The number of ether oxygens (including phenoxy) is 1. The van der Waals surface area contributed by atoms with Crippen LogP contribution in [0.15, 0.2) is 79.0 Å². The van der Waals surface area contributed by atoms with E-state index in [0.717, 1.165) is 11.1 Å². The van der Waals surface area contributed by atoms with E-state index in [9.17, 15) is 14.4 Å². The molecule has 7 heteroatoms. The molecule has 0 N–H and O–H groups in total. The minimum atomic E-state index is -0.826. The molecule has 1 aromatic heterocycles. The summed E-state index contributed by atoms with van der Waals surface area (Å²) in [6.07, 6.45) is 1.54. The van der Waals surface area contributed by atoms with Crippen LogP contribution in [0.25, 0.3) is 0 Å². The number of rotatable bonds is 5. The maximum Gasteiger partial charge on any atom is 0.411 e. The van der Waals surface area contributed by atoms with Crippen molar-refractivity contribution in [2.45, 2.75) is 64.0 Å². The molecular weight excluding hydrogens is 454 g/mol. The molecule has 0 saturated heterocycles. The summed E-state index contributed by atoms with van der Waals surface area (Å²) in [5.74, 6) is -0.215. The summed E-state index contributed by atoms with van der Waals surface area (Å²) in [5, 5.41) is 0. The van der Waals surface area contributed by atoms with E-state index in [1.165, 1.54) is 4.90 Å². The SMILES string of the molecule is CC(C)(C)OC(=O)N(Cc1ccccc1)[C@@H]1C(=O)C[C@@H]2[C@H]1N(Cc1ccccc1)C(=O)c1cccn12. The van der Waals surface area contributed by atoms with Gasteiger partial charge < -0.3 is 14.2 Å². The fraction of sp³-hybridized carbons (Fsp3) is 0.345. The van der Waals surface area contributed by atoms with E-state index in [1.807, 2.05) is 98.3 Å². The van der Waals surface area contributed by atoms with Gasteiger partial charge in [-0.15, -0.1) is 0 Å². The predicted molar refractivity (Wildman–Crippen MR) is 135 cm³/mol. The van der Waals surface area contributed by atoms with Crippen molar-refractivity contribution >= 4 is 17.8 Å². The van der Waals surface area contributed by atoms with Crippen LogP contribution in [0, 0.1) is 0 Å². The van der Waals surface area contributed by atoms with Crippen LogP contribution in [0.3, 0.4) is 0 Å². The number of aromatic nitrogens is 1. The highest BCUT2D eigenvalue weighted by Gasteiger charge is 2.55. The first-order valence-electron chi connectivity index (χ1n) is 12.3. The topological polar surface area (TPSA) is 71.8 Å². The summed E-state index contributed by atoms with van der Waals surface area (Å²) < 4.78 is 7.68. The molecule has 2 amide bonds. The maximum atomic E-state index is 13.7. The number of amides is 2. The van der Waals surface area contributed by atoms with Crippen LogP contribution in [0.5, 0.6) is 0 Å². The Morgan fingerprint density at radius 3 is 2.22 bits per heavy atom. The highest BCUT2D eigenvalue weighted by Crippen LogP contribution is 2.41. The number of nitrogens with zero attached hydrogens (tertiary/aromatic N) is 3. The standard InChI is InChI=1S/C29H31N3O4/c1-29(2,3)36-28(35)32(19-21-13-8-5-9-14-21)26-24(33)17-23-25(26)31(18-20-11-6-4-7-12-20)27(34)22-15-10-16-30(22)23/h4-16,23,25-26H,17-19H2,1-3H3/t23-,25-,26-/m1/s1. The van der Waals surface area contributed by atoms with Gasteiger partial charge in [0.1, 0.15) is 17.3 Å². The van der Waals surface area contributed by atoms with Gasteiger partial charge in [0, 0.05) is 25.7 Å². The molecule has 1 aliphatic carbocycles. The highest BCUT2D eigenvalue weighted by molar-refractivity contribution is 5.98. The normalized spacial score (nSPS) is 21.2. The number of carbonyl (C=O) groups is 3.